The van der Waals surface area contributed by atoms with Crippen molar-refractivity contribution in [3.8, 4) is 0 Å². The van der Waals surface area contributed by atoms with Crippen molar-refractivity contribution in [1.29, 1.82) is 0 Å². The van der Waals surface area contributed by atoms with Crippen LogP contribution in [0.3, 0.4) is 0 Å². The molecule has 2 aromatic heterocycles. The average Bonchev–Trinajstić information content (AvgIpc) is 3.05. The maximum atomic E-state index is 12.8. The summed E-state index contributed by atoms with van der Waals surface area (Å²) in [7, 11) is -3.69. The molecule has 1 N–H and O–H groups in total. The molecule has 1 aliphatic carbocycles. The minimum absolute atomic E-state index is 0.200. The molecule has 2 heterocycles. The summed E-state index contributed by atoms with van der Waals surface area (Å²) in [5, 5.41) is 4.00. The summed E-state index contributed by atoms with van der Waals surface area (Å²) in [6, 6.07) is 3.10. The molecule has 0 amide bonds. The Bertz CT molecular complexity index is 777. The van der Waals surface area contributed by atoms with Gasteiger partial charge in [-0.3, -0.25) is 0 Å². The number of halogens is 1. The van der Waals surface area contributed by atoms with Crippen LogP contribution in [0.15, 0.2) is 20.9 Å². The minimum atomic E-state index is -3.69. The zero-order valence-corrected chi connectivity index (χ0v) is 15.1. The van der Waals surface area contributed by atoms with Gasteiger partial charge in [-0.2, -0.15) is 9.71 Å². The molecule has 0 radical (unpaired) electrons. The van der Waals surface area contributed by atoms with Crippen molar-refractivity contribution < 1.29 is 12.9 Å². The first kappa shape index (κ1) is 16.9. The Morgan fingerprint density at radius 2 is 1.96 bits per heavy atom. The molecule has 2 aromatic rings. The third-order valence-corrected chi connectivity index (χ3v) is 7.32. The van der Waals surface area contributed by atoms with Gasteiger partial charge < -0.3 is 4.52 Å². The summed E-state index contributed by atoms with van der Waals surface area (Å²) in [6.07, 6.45) is 5.30. The van der Waals surface area contributed by atoms with Crippen LogP contribution in [0.25, 0.3) is 0 Å². The van der Waals surface area contributed by atoms with Crippen LogP contribution in [-0.2, 0) is 15.6 Å². The normalized spacial score (nSPS) is 18.7. The second-order valence-corrected chi connectivity index (χ2v) is 9.42. The summed E-state index contributed by atoms with van der Waals surface area (Å²) < 4.78 is 34.1. The fourth-order valence-electron chi connectivity index (χ4n) is 2.95. The van der Waals surface area contributed by atoms with Gasteiger partial charge in [0.25, 0.3) is 10.0 Å². The number of aryl methyl sites for hydroxylation is 1. The van der Waals surface area contributed by atoms with E-state index in [1.165, 1.54) is 6.07 Å². The van der Waals surface area contributed by atoms with Crippen LogP contribution in [0.4, 0.5) is 0 Å². The van der Waals surface area contributed by atoms with Gasteiger partial charge in [0.2, 0.25) is 5.89 Å². The molecular formula is C14H18ClN3O3S2. The molecule has 0 aromatic carbocycles. The molecular weight excluding hydrogens is 358 g/mol. The molecule has 0 spiro atoms. The molecule has 1 aliphatic rings. The van der Waals surface area contributed by atoms with Crippen molar-refractivity contribution in [2.75, 3.05) is 0 Å². The number of hydrogen-bond acceptors (Lipinski definition) is 6. The van der Waals surface area contributed by atoms with Crippen LogP contribution in [0.5, 0.6) is 0 Å². The predicted octanol–water partition coefficient (Wildman–Crippen LogP) is 3.62. The van der Waals surface area contributed by atoms with E-state index in [2.05, 4.69) is 14.9 Å². The number of nitrogens with zero attached hydrogens (tertiary/aromatic N) is 2. The molecule has 0 saturated heterocycles. The maximum Gasteiger partial charge on any atom is 0.251 e. The zero-order chi connectivity index (χ0) is 16.5. The third kappa shape index (κ3) is 3.60. The van der Waals surface area contributed by atoms with Gasteiger partial charge in [-0.05, 0) is 25.0 Å². The Labute approximate surface area is 144 Å². The Morgan fingerprint density at radius 3 is 2.48 bits per heavy atom. The lowest BCUT2D eigenvalue weighted by Crippen LogP contribution is -2.46. The van der Waals surface area contributed by atoms with Crippen molar-refractivity contribution in [2.24, 2.45) is 0 Å². The molecule has 1 saturated carbocycles. The van der Waals surface area contributed by atoms with Crippen molar-refractivity contribution in [1.82, 2.24) is 14.9 Å². The van der Waals surface area contributed by atoms with Crippen LogP contribution in [-0.4, -0.2) is 18.6 Å². The number of sulfonamides is 1. The van der Waals surface area contributed by atoms with Gasteiger partial charge in [-0.1, -0.05) is 42.4 Å². The lowest BCUT2D eigenvalue weighted by Gasteiger charge is -2.30. The van der Waals surface area contributed by atoms with Gasteiger partial charge in [0, 0.05) is 6.92 Å². The van der Waals surface area contributed by atoms with Gasteiger partial charge >= 0.3 is 0 Å². The van der Waals surface area contributed by atoms with Gasteiger partial charge in [0.05, 0.1) is 9.88 Å². The molecule has 0 bridgehead atoms. The monoisotopic (exact) mass is 375 g/mol. The third-order valence-electron chi connectivity index (χ3n) is 4.06. The molecule has 23 heavy (non-hydrogen) atoms. The Kier molecular flexibility index (Phi) is 4.78. The summed E-state index contributed by atoms with van der Waals surface area (Å²) in [6.45, 7) is 1.70. The Morgan fingerprint density at radius 1 is 1.26 bits per heavy atom. The summed E-state index contributed by atoms with van der Waals surface area (Å²) >= 11 is 6.92. The highest BCUT2D eigenvalue weighted by Crippen LogP contribution is 2.37. The number of thiophene rings is 1. The predicted molar refractivity (Wildman–Crippen MR) is 88.1 cm³/mol. The molecule has 1 fully saturated rings. The minimum Gasteiger partial charge on any atom is -0.340 e. The summed E-state index contributed by atoms with van der Waals surface area (Å²) in [5.74, 6) is 0.852. The van der Waals surface area contributed by atoms with E-state index in [1.807, 2.05) is 0 Å². The van der Waals surface area contributed by atoms with Gasteiger partial charge in [-0.25, -0.2) is 8.42 Å². The van der Waals surface area contributed by atoms with Crippen molar-refractivity contribution in [2.45, 2.75) is 55.2 Å². The van der Waals surface area contributed by atoms with Crippen LogP contribution in [0.2, 0.25) is 4.34 Å². The average molecular weight is 376 g/mol. The van der Waals surface area contributed by atoms with Crippen LogP contribution in [0.1, 0.15) is 50.2 Å². The van der Waals surface area contributed by atoms with Crippen LogP contribution >= 0.6 is 22.9 Å². The SMILES string of the molecule is Cc1nc(C2(NS(=O)(=O)c3ccc(Cl)s3)CCCCCC2)no1. The number of hydrogen-bond donors (Lipinski definition) is 1. The van der Waals surface area contributed by atoms with Crippen molar-refractivity contribution >= 4 is 33.0 Å². The highest BCUT2D eigenvalue weighted by atomic mass is 35.5. The molecule has 0 aliphatic heterocycles. The second kappa shape index (κ2) is 6.51. The van der Waals surface area contributed by atoms with Crippen LogP contribution < -0.4 is 4.72 Å². The van der Waals surface area contributed by atoms with E-state index >= 15 is 0 Å². The standard InChI is InChI=1S/C14H18ClN3O3S2/c1-10-16-13(17-21-10)14(8-4-2-3-5-9-14)18-23(19,20)12-7-6-11(15)22-12/h6-7,18H,2-5,8-9H2,1H3. The van der Waals surface area contributed by atoms with Gasteiger partial charge in [0.1, 0.15) is 4.21 Å². The zero-order valence-electron chi connectivity index (χ0n) is 12.7. The highest BCUT2D eigenvalue weighted by Gasteiger charge is 2.41. The Hall–Kier alpha value is -0.960. The fourth-order valence-corrected chi connectivity index (χ4v) is 5.85. The van der Waals surface area contributed by atoms with E-state index in [0.717, 1.165) is 37.0 Å². The van der Waals surface area contributed by atoms with Crippen molar-refractivity contribution in [3.63, 3.8) is 0 Å². The highest BCUT2D eigenvalue weighted by molar-refractivity contribution is 7.91. The number of aromatic nitrogens is 2. The molecule has 0 atom stereocenters. The topological polar surface area (TPSA) is 85.1 Å². The molecule has 0 unspecified atom stereocenters. The number of rotatable bonds is 4. The summed E-state index contributed by atoms with van der Waals surface area (Å²) in [5.41, 5.74) is -0.816. The molecule has 126 valence electrons. The molecule has 3 rings (SSSR count). The van der Waals surface area contributed by atoms with Gasteiger partial charge in [-0.15, -0.1) is 11.3 Å². The van der Waals surface area contributed by atoms with E-state index < -0.39 is 15.6 Å². The number of nitrogens with one attached hydrogen (secondary N) is 1. The first-order chi connectivity index (χ1) is 10.9. The molecule has 9 heteroatoms. The quantitative estimate of drug-likeness (QED) is 0.825. The van der Waals surface area contributed by atoms with E-state index in [-0.39, 0.29) is 4.21 Å². The van der Waals surface area contributed by atoms with Crippen LogP contribution in [0, 0.1) is 6.92 Å². The lowest BCUT2D eigenvalue weighted by atomic mass is 9.91. The van der Waals surface area contributed by atoms with E-state index in [1.54, 1.807) is 13.0 Å². The van der Waals surface area contributed by atoms with Crippen molar-refractivity contribution in [3.05, 3.63) is 28.2 Å². The molecule has 6 nitrogen and oxygen atoms in total. The largest absolute Gasteiger partial charge is 0.340 e. The smallest absolute Gasteiger partial charge is 0.251 e. The summed E-state index contributed by atoms with van der Waals surface area (Å²) in [4.78, 5) is 4.30. The lowest BCUT2D eigenvalue weighted by molar-refractivity contribution is 0.301. The first-order valence-electron chi connectivity index (χ1n) is 7.51. The van der Waals surface area contributed by atoms with E-state index in [0.29, 0.717) is 28.9 Å². The van der Waals surface area contributed by atoms with Gasteiger partial charge in [0.15, 0.2) is 5.82 Å². The Balaban J connectivity index is 1.98. The van der Waals surface area contributed by atoms with E-state index in [4.69, 9.17) is 16.1 Å². The maximum absolute atomic E-state index is 12.8. The fraction of sp³-hybridized carbons (Fsp3) is 0.571. The first-order valence-corrected chi connectivity index (χ1v) is 10.2. The second-order valence-electron chi connectivity index (χ2n) is 5.80. The van der Waals surface area contributed by atoms with E-state index in [9.17, 15) is 8.42 Å².